The monoisotopic (exact) mass is 335 g/mol. The summed E-state index contributed by atoms with van der Waals surface area (Å²) < 4.78 is 29.9. The van der Waals surface area contributed by atoms with Gasteiger partial charge in [0.2, 0.25) is 5.91 Å². The summed E-state index contributed by atoms with van der Waals surface area (Å²) in [4.78, 5) is 11.9. The first-order chi connectivity index (χ1) is 11.0. The Labute approximate surface area is 137 Å². The van der Waals surface area contributed by atoms with Gasteiger partial charge in [-0.3, -0.25) is 4.79 Å². The van der Waals surface area contributed by atoms with Crippen molar-refractivity contribution in [1.29, 1.82) is 0 Å². The Morgan fingerprint density at radius 1 is 1.30 bits per heavy atom. The minimum atomic E-state index is -3.32. The molecule has 1 aliphatic heterocycles. The van der Waals surface area contributed by atoms with Gasteiger partial charge in [-0.25, -0.2) is 8.42 Å². The number of benzene rings is 1. The molecule has 1 fully saturated rings. The van der Waals surface area contributed by atoms with Gasteiger partial charge in [0, 0.05) is 18.4 Å². The van der Waals surface area contributed by atoms with E-state index >= 15 is 0 Å². The van der Waals surface area contributed by atoms with E-state index in [9.17, 15) is 13.2 Å². The third-order valence-electron chi connectivity index (χ3n) is 3.51. The summed E-state index contributed by atoms with van der Waals surface area (Å²) >= 11 is 0. The number of allylic oxidation sites excluding steroid dienone is 3. The maximum absolute atomic E-state index is 12.3. The molecule has 0 radical (unpaired) electrons. The molecule has 0 aromatic heterocycles. The van der Waals surface area contributed by atoms with E-state index in [1.54, 1.807) is 24.3 Å². The molecule has 1 aromatic carbocycles. The van der Waals surface area contributed by atoms with E-state index in [2.05, 4.69) is 5.32 Å². The molecule has 1 aromatic rings. The predicted molar refractivity (Wildman–Crippen MR) is 90.0 cm³/mol. The number of anilines is 1. The van der Waals surface area contributed by atoms with Crippen molar-refractivity contribution in [3.8, 4) is 0 Å². The van der Waals surface area contributed by atoms with E-state index in [4.69, 9.17) is 4.74 Å². The second-order valence-corrected chi connectivity index (χ2v) is 7.44. The summed E-state index contributed by atoms with van der Waals surface area (Å²) in [7, 11) is -3.32. The maximum atomic E-state index is 12.3. The summed E-state index contributed by atoms with van der Waals surface area (Å²) in [5, 5.41) is 2.68. The molecule has 1 amide bonds. The summed E-state index contributed by atoms with van der Waals surface area (Å²) in [6.45, 7) is 3.00. The highest BCUT2D eigenvalue weighted by molar-refractivity contribution is 7.91. The van der Waals surface area contributed by atoms with E-state index in [0.29, 0.717) is 18.9 Å². The predicted octanol–water partition coefficient (Wildman–Crippen LogP) is 2.57. The van der Waals surface area contributed by atoms with Crippen LogP contribution >= 0.6 is 0 Å². The second-order valence-electron chi connectivity index (χ2n) is 5.41. The Hall–Kier alpha value is -1.92. The molecule has 2 rings (SSSR count). The van der Waals surface area contributed by atoms with Gasteiger partial charge in [0.25, 0.3) is 0 Å². The van der Waals surface area contributed by atoms with Gasteiger partial charge in [-0.2, -0.15) is 0 Å². The average molecular weight is 335 g/mol. The lowest BCUT2D eigenvalue weighted by Crippen LogP contribution is -2.16. The van der Waals surface area contributed by atoms with Crippen LogP contribution in [0.5, 0.6) is 0 Å². The highest BCUT2D eigenvalue weighted by atomic mass is 32.2. The Morgan fingerprint density at radius 2 is 2.04 bits per heavy atom. The quantitative estimate of drug-likeness (QED) is 0.640. The van der Waals surface area contributed by atoms with Crippen LogP contribution in [0.1, 0.15) is 13.3 Å². The summed E-state index contributed by atoms with van der Waals surface area (Å²) in [5.41, 5.74) is 0.559. The summed E-state index contributed by atoms with van der Waals surface area (Å²) in [6, 6.07) is 6.24. The number of amides is 1. The molecule has 1 unspecified atom stereocenters. The number of carbonyl (C=O) groups excluding carboxylic acids is 1. The van der Waals surface area contributed by atoms with Crippen molar-refractivity contribution in [2.75, 3.05) is 24.3 Å². The maximum Gasteiger partial charge on any atom is 0.248 e. The Kier molecular flexibility index (Phi) is 6.12. The molecule has 1 saturated heterocycles. The van der Waals surface area contributed by atoms with Crippen LogP contribution < -0.4 is 5.32 Å². The zero-order valence-electron chi connectivity index (χ0n) is 13.1. The average Bonchev–Trinajstić information content (AvgIpc) is 3.00. The Bertz CT molecular complexity index is 684. The standard InChI is InChI=1S/C17H21NO4S/c1-2-3-4-5-17(19)18-15-6-8-16(9-7-15)23(20,21)13-14-10-11-22-12-14/h2-9,14H,10-13H2,1H3,(H,18,19)/b3-2+,5-4+. The van der Waals surface area contributed by atoms with E-state index in [-0.39, 0.29) is 22.5 Å². The van der Waals surface area contributed by atoms with Crippen molar-refractivity contribution in [2.45, 2.75) is 18.2 Å². The minimum absolute atomic E-state index is 0.0659. The van der Waals surface area contributed by atoms with E-state index in [1.165, 1.54) is 18.2 Å². The molecule has 0 bridgehead atoms. The highest BCUT2D eigenvalue weighted by Crippen LogP contribution is 2.21. The van der Waals surface area contributed by atoms with Gasteiger partial charge in [0.1, 0.15) is 0 Å². The molecule has 1 N–H and O–H groups in total. The van der Waals surface area contributed by atoms with Gasteiger partial charge in [0.15, 0.2) is 9.84 Å². The molecule has 1 atom stereocenters. The minimum Gasteiger partial charge on any atom is -0.381 e. The molecule has 5 nitrogen and oxygen atoms in total. The summed E-state index contributed by atoms with van der Waals surface area (Å²) in [6.07, 6.45) is 7.40. The number of hydrogen-bond donors (Lipinski definition) is 1. The molecule has 0 saturated carbocycles. The van der Waals surface area contributed by atoms with Crippen molar-refractivity contribution in [1.82, 2.24) is 0 Å². The van der Waals surface area contributed by atoms with Gasteiger partial charge < -0.3 is 10.1 Å². The fourth-order valence-corrected chi connectivity index (χ4v) is 3.93. The first kappa shape index (κ1) is 17.4. The second kappa shape index (κ2) is 8.08. The van der Waals surface area contributed by atoms with Crippen LogP contribution in [-0.2, 0) is 19.4 Å². The van der Waals surface area contributed by atoms with Crippen LogP contribution in [0.15, 0.2) is 53.5 Å². The third-order valence-corrected chi connectivity index (χ3v) is 5.41. The lowest BCUT2D eigenvalue weighted by molar-refractivity contribution is -0.111. The largest absolute Gasteiger partial charge is 0.381 e. The van der Waals surface area contributed by atoms with Crippen LogP contribution in [0.2, 0.25) is 0 Å². The molecular weight excluding hydrogens is 314 g/mol. The van der Waals surface area contributed by atoms with E-state index in [0.717, 1.165) is 6.42 Å². The zero-order chi connectivity index (χ0) is 16.7. The van der Waals surface area contributed by atoms with Gasteiger partial charge in [-0.1, -0.05) is 18.2 Å². The Morgan fingerprint density at radius 3 is 2.65 bits per heavy atom. The first-order valence-electron chi connectivity index (χ1n) is 7.52. The van der Waals surface area contributed by atoms with Crippen molar-refractivity contribution in [3.63, 3.8) is 0 Å². The normalized spacial score (nSPS) is 18.7. The van der Waals surface area contributed by atoms with Crippen molar-refractivity contribution < 1.29 is 17.9 Å². The number of hydrogen-bond acceptors (Lipinski definition) is 4. The number of rotatable bonds is 6. The third kappa shape index (κ3) is 5.33. The number of ether oxygens (including phenoxy) is 1. The van der Waals surface area contributed by atoms with Gasteiger partial charge in [0.05, 0.1) is 17.3 Å². The van der Waals surface area contributed by atoms with Crippen LogP contribution in [0.25, 0.3) is 0 Å². The Balaban J connectivity index is 1.99. The first-order valence-corrected chi connectivity index (χ1v) is 9.17. The SMILES string of the molecule is C/C=C/C=C/C(=O)Nc1ccc(S(=O)(=O)CC2CCOC2)cc1. The topological polar surface area (TPSA) is 72.5 Å². The lowest BCUT2D eigenvalue weighted by Gasteiger charge is -2.09. The summed E-state index contributed by atoms with van der Waals surface area (Å²) in [5.74, 6) is -0.0944. The smallest absolute Gasteiger partial charge is 0.248 e. The fourth-order valence-electron chi connectivity index (χ4n) is 2.30. The zero-order valence-corrected chi connectivity index (χ0v) is 13.9. The highest BCUT2D eigenvalue weighted by Gasteiger charge is 2.24. The van der Waals surface area contributed by atoms with Crippen LogP contribution in [0.3, 0.4) is 0 Å². The molecule has 1 heterocycles. The molecular formula is C17H21NO4S. The number of nitrogens with one attached hydrogen (secondary N) is 1. The van der Waals surface area contributed by atoms with Crippen molar-refractivity contribution >= 4 is 21.4 Å². The van der Waals surface area contributed by atoms with Crippen molar-refractivity contribution in [2.24, 2.45) is 5.92 Å². The molecule has 1 aliphatic rings. The van der Waals surface area contributed by atoms with Crippen LogP contribution in [0.4, 0.5) is 5.69 Å². The van der Waals surface area contributed by atoms with Gasteiger partial charge in [-0.05, 0) is 43.5 Å². The van der Waals surface area contributed by atoms with Gasteiger partial charge in [-0.15, -0.1) is 0 Å². The van der Waals surface area contributed by atoms with Crippen LogP contribution in [0, 0.1) is 5.92 Å². The number of sulfone groups is 1. The van der Waals surface area contributed by atoms with Crippen molar-refractivity contribution in [3.05, 3.63) is 48.6 Å². The molecule has 0 spiro atoms. The van der Waals surface area contributed by atoms with Gasteiger partial charge >= 0.3 is 0 Å². The molecule has 0 aliphatic carbocycles. The molecule has 6 heteroatoms. The number of carbonyl (C=O) groups is 1. The van der Waals surface area contributed by atoms with E-state index < -0.39 is 9.84 Å². The van der Waals surface area contributed by atoms with E-state index in [1.807, 2.05) is 13.0 Å². The lowest BCUT2D eigenvalue weighted by atomic mass is 10.2. The molecule has 23 heavy (non-hydrogen) atoms. The fraction of sp³-hybridized carbons (Fsp3) is 0.353. The van der Waals surface area contributed by atoms with Crippen LogP contribution in [-0.4, -0.2) is 33.3 Å². The molecule has 124 valence electrons.